The van der Waals surface area contributed by atoms with Crippen molar-refractivity contribution in [2.24, 2.45) is 0 Å². The van der Waals surface area contributed by atoms with Crippen molar-refractivity contribution in [1.82, 2.24) is 0 Å². The van der Waals surface area contributed by atoms with E-state index in [0.717, 1.165) is 28.0 Å². The van der Waals surface area contributed by atoms with E-state index >= 15 is 0 Å². The molecule has 0 N–H and O–H groups in total. The van der Waals surface area contributed by atoms with Crippen molar-refractivity contribution in [2.45, 2.75) is 20.8 Å². The van der Waals surface area contributed by atoms with Gasteiger partial charge in [-0.3, -0.25) is 4.79 Å². The standard InChI is InChI=1S/C17H18O2/c1-4-19-16-9-7-14(8-10-16)17-11-15(13(3)18)6-5-12(17)2/h5-11H,4H2,1-3H3. The van der Waals surface area contributed by atoms with Crippen molar-refractivity contribution in [2.75, 3.05) is 6.61 Å². The number of hydrogen-bond acceptors (Lipinski definition) is 2. The van der Waals surface area contributed by atoms with E-state index in [2.05, 4.69) is 6.92 Å². The highest BCUT2D eigenvalue weighted by molar-refractivity contribution is 5.95. The summed E-state index contributed by atoms with van der Waals surface area (Å²) in [5, 5.41) is 0. The Bertz CT molecular complexity index is 583. The van der Waals surface area contributed by atoms with Gasteiger partial charge >= 0.3 is 0 Å². The third kappa shape index (κ3) is 3.02. The van der Waals surface area contributed by atoms with Crippen LogP contribution in [0, 0.1) is 6.92 Å². The van der Waals surface area contributed by atoms with Gasteiger partial charge in [0.25, 0.3) is 0 Å². The van der Waals surface area contributed by atoms with Crippen molar-refractivity contribution >= 4 is 5.78 Å². The van der Waals surface area contributed by atoms with Crippen molar-refractivity contribution in [3.63, 3.8) is 0 Å². The fraction of sp³-hybridized carbons (Fsp3) is 0.235. The Morgan fingerprint density at radius 1 is 1.11 bits per heavy atom. The van der Waals surface area contributed by atoms with Gasteiger partial charge < -0.3 is 4.74 Å². The maximum atomic E-state index is 11.5. The largest absolute Gasteiger partial charge is 0.494 e. The smallest absolute Gasteiger partial charge is 0.159 e. The van der Waals surface area contributed by atoms with Gasteiger partial charge in [0.1, 0.15) is 5.75 Å². The second-order valence-electron chi connectivity index (χ2n) is 4.54. The molecular formula is C17H18O2. The van der Waals surface area contributed by atoms with E-state index in [1.807, 2.05) is 49.4 Å². The van der Waals surface area contributed by atoms with E-state index in [9.17, 15) is 4.79 Å². The van der Waals surface area contributed by atoms with Gasteiger partial charge in [-0.1, -0.05) is 24.3 Å². The lowest BCUT2D eigenvalue weighted by atomic mass is 9.97. The number of carbonyl (C=O) groups is 1. The Balaban J connectivity index is 2.40. The van der Waals surface area contributed by atoms with Gasteiger partial charge in [-0.15, -0.1) is 0 Å². The molecule has 0 saturated carbocycles. The molecule has 0 bridgehead atoms. The molecule has 0 amide bonds. The fourth-order valence-electron chi connectivity index (χ4n) is 2.05. The lowest BCUT2D eigenvalue weighted by Gasteiger charge is -2.09. The average Bonchev–Trinajstić information content (AvgIpc) is 2.40. The average molecular weight is 254 g/mol. The summed E-state index contributed by atoms with van der Waals surface area (Å²) in [6, 6.07) is 13.8. The highest BCUT2D eigenvalue weighted by Crippen LogP contribution is 2.26. The molecule has 0 spiro atoms. The molecule has 0 saturated heterocycles. The molecule has 98 valence electrons. The number of ether oxygens (including phenoxy) is 1. The number of rotatable bonds is 4. The third-order valence-electron chi connectivity index (χ3n) is 3.12. The van der Waals surface area contributed by atoms with E-state index in [-0.39, 0.29) is 5.78 Å². The first kappa shape index (κ1) is 13.3. The number of carbonyl (C=O) groups excluding carboxylic acids is 1. The minimum Gasteiger partial charge on any atom is -0.494 e. The summed E-state index contributed by atoms with van der Waals surface area (Å²) in [5.74, 6) is 0.957. The van der Waals surface area contributed by atoms with E-state index in [0.29, 0.717) is 6.61 Å². The van der Waals surface area contributed by atoms with Crippen LogP contribution in [-0.2, 0) is 0 Å². The quantitative estimate of drug-likeness (QED) is 0.762. The minimum atomic E-state index is 0.0900. The molecule has 2 aromatic rings. The summed E-state index contributed by atoms with van der Waals surface area (Å²) in [6.07, 6.45) is 0. The van der Waals surface area contributed by atoms with Gasteiger partial charge in [-0.25, -0.2) is 0 Å². The number of ketones is 1. The van der Waals surface area contributed by atoms with Crippen LogP contribution in [0.5, 0.6) is 5.75 Å². The SMILES string of the molecule is CCOc1ccc(-c2cc(C(C)=O)ccc2C)cc1. The summed E-state index contributed by atoms with van der Waals surface area (Å²) >= 11 is 0. The van der Waals surface area contributed by atoms with Gasteiger partial charge in [0, 0.05) is 5.56 Å². The summed E-state index contributed by atoms with van der Waals surface area (Å²) < 4.78 is 5.43. The Kier molecular flexibility index (Phi) is 4.00. The molecule has 0 heterocycles. The molecule has 0 aromatic heterocycles. The number of aryl methyl sites for hydroxylation is 1. The van der Waals surface area contributed by atoms with Gasteiger partial charge in [0.2, 0.25) is 0 Å². The van der Waals surface area contributed by atoms with E-state index in [4.69, 9.17) is 4.74 Å². The summed E-state index contributed by atoms with van der Waals surface area (Å²) in [7, 11) is 0. The monoisotopic (exact) mass is 254 g/mol. The van der Waals surface area contributed by atoms with Gasteiger partial charge in [0.05, 0.1) is 6.61 Å². The van der Waals surface area contributed by atoms with Gasteiger partial charge in [-0.05, 0) is 55.7 Å². The van der Waals surface area contributed by atoms with E-state index < -0.39 is 0 Å². The van der Waals surface area contributed by atoms with Crippen LogP contribution in [0.15, 0.2) is 42.5 Å². The maximum absolute atomic E-state index is 11.5. The molecule has 2 aromatic carbocycles. The lowest BCUT2D eigenvalue weighted by molar-refractivity contribution is 0.101. The molecule has 0 atom stereocenters. The van der Waals surface area contributed by atoms with Crippen LogP contribution in [0.25, 0.3) is 11.1 Å². The molecule has 2 heteroatoms. The first-order chi connectivity index (χ1) is 9.11. The van der Waals surface area contributed by atoms with E-state index in [1.165, 1.54) is 0 Å². The van der Waals surface area contributed by atoms with Crippen molar-refractivity contribution in [1.29, 1.82) is 0 Å². The van der Waals surface area contributed by atoms with E-state index in [1.54, 1.807) is 6.92 Å². The van der Waals surface area contributed by atoms with Crippen LogP contribution in [0.2, 0.25) is 0 Å². The Morgan fingerprint density at radius 3 is 2.37 bits per heavy atom. The second-order valence-corrected chi connectivity index (χ2v) is 4.54. The van der Waals surface area contributed by atoms with Gasteiger partial charge in [-0.2, -0.15) is 0 Å². The topological polar surface area (TPSA) is 26.3 Å². The first-order valence-corrected chi connectivity index (χ1v) is 6.46. The van der Waals surface area contributed by atoms with Crippen LogP contribution in [0.4, 0.5) is 0 Å². The predicted molar refractivity (Wildman–Crippen MR) is 77.8 cm³/mol. The van der Waals surface area contributed by atoms with Crippen molar-refractivity contribution in [3.05, 3.63) is 53.6 Å². The summed E-state index contributed by atoms with van der Waals surface area (Å²) in [6.45, 7) is 6.27. The van der Waals surface area contributed by atoms with Crippen molar-refractivity contribution < 1.29 is 9.53 Å². The molecule has 0 unspecified atom stereocenters. The Hall–Kier alpha value is -2.09. The predicted octanol–water partition coefficient (Wildman–Crippen LogP) is 4.26. The molecule has 0 aliphatic carbocycles. The number of Topliss-reactive ketones (excluding diaryl/α,β-unsaturated/α-hetero) is 1. The zero-order valence-corrected chi connectivity index (χ0v) is 11.6. The molecule has 0 radical (unpaired) electrons. The molecule has 0 aliphatic heterocycles. The summed E-state index contributed by atoms with van der Waals surface area (Å²) in [4.78, 5) is 11.5. The number of hydrogen-bond donors (Lipinski definition) is 0. The maximum Gasteiger partial charge on any atom is 0.159 e. The van der Waals surface area contributed by atoms with Crippen LogP contribution < -0.4 is 4.74 Å². The van der Waals surface area contributed by atoms with Crippen LogP contribution in [0.3, 0.4) is 0 Å². The molecule has 0 aliphatic rings. The van der Waals surface area contributed by atoms with Crippen LogP contribution in [-0.4, -0.2) is 12.4 Å². The Labute approximate surface area is 114 Å². The normalized spacial score (nSPS) is 10.3. The van der Waals surface area contributed by atoms with Gasteiger partial charge in [0.15, 0.2) is 5.78 Å². The third-order valence-corrected chi connectivity index (χ3v) is 3.12. The van der Waals surface area contributed by atoms with Crippen molar-refractivity contribution in [3.8, 4) is 16.9 Å². The Morgan fingerprint density at radius 2 is 1.79 bits per heavy atom. The molecule has 0 fully saturated rings. The highest BCUT2D eigenvalue weighted by atomic mass is 16.5. The minimum absolute atomic E-state index is 0.0900. The highest BCUT2D eigenvalue weighted by Gasteiger charge is 2.06. The van der Waals surface area contributed by atoms with Crippen LogP contribution in [0.1, 0.15) is 29.8 Å². The molecule has 19 heavy (non-hydrogen) atoms. The molecule has 2 rings (SSSR count). The first-order valence-electron chi connectivity index (χ1n) is 6.46. The lowest BCUT2D eigenvalue weighted by Crippen LogP contribution is -1.94. The van der Waals surface area contributed by atoms with Crippen LogP contribution >= 0.6 is 0 Å². The summed E-state index contributed by atoms with van der Waals surface area (Å²) in [5.41, 5.74) is 4.10. The zero-order valence-electron chi connectivity index (χ0n) is 11.6. The zero-order chi connectivity index (χ0) is 13.8. The second kappa shape index (κ2) is 5.70. The number of benzene rings is 2. The molecular weight excluding hydrogens is 236 g/mol. The fourth-order valence-corrected chi connectivity index (χ4v) is 2.05. The molecule has 2 nitrogen and oxygen atoms in total.